The second-order valence-corrected chi connectivity index (χ2v) is 6.42. The van der Waals surface area contributed by atoms with Crippen LogP contribution < -0.4 is 5.56 Å². The summed E-state index contributed by atoms with van der Waals surface area (Å²) in [5, 5.41) is 0.453. The number of aryl methyl sites for hydroxylation is 1. The molecule has 0 saturated heterocycles. The maximum atomic E-state index is 12.9. The number of halogens is 1. The van der Waals surface area contributed by atoms with Gasteiger partial charge in [0.15, 0.2) is 5.16 Å². The van der Waals surface area contributed by atoms with Crippen molar-refractivity contribution in [1.29, 1.82) is 0 Å². The number of aromatic nitrogens is 2. The highest BCUT2D eigenvalue weighted by molar-refractivity contribution is 7.99. The zero-order valence-electron chi connectivity index (χ0n) is 13.7. The number of H-pyrrole nitrogens is 1. The SMILES string of the molecule is CCCc1cc(=O)[nH]c(SCC(=O)N(C)Cc2ccc(F)cc2)n1. The fraction of sp³-hybridized carbons (Fsp3) is 0.353. The highest BCUT2D eigenvalue weighted by Crippen LogP contribution is 2.14. The number of benzene rings is 1. The van der Waals surface area contributed by atoms with Gasteiger partial charge in [0, 0.05) is 25.4 Å². The molecule has 128 valence electrons. The Kier molecular flexibility index (Phi) is 6.54. The number of hydrogen-bond acceptors (Lipinski definition) is 4. The first-order valence-corrected chi connectivity index (χ1v) is 8.68. The van der Waals surface area contributed by atoms with Crippen molar-refractivity contribution in [3.63, 3.8) is 0 Å². The van der Waals surface area contributed by atoms with Crippen LogP contribution in [-0.2, 0) is 17.8 Å². The lowest BCUT2D eigenvalue weighted by Crippen LogP contribution is -2.28. The third kappa shape index (κ3) is 5.49. The van der Waals surface area contributed by atoms with Crippen LogP contribution in [0.25, 0.3) is 0 Å². The molecule has 0 fully saturated rings. The van der Waals surface area contributed by atoms with E-state index in [4.69, 9.17) is 0 Å². The Bertz CT molecular complexity index is 746. The van der Waals surface area contributed by atoms with Gasteiger partial charge in [0.1, 0.15) is 5.82 Å². The predicted octanol–water partition coefficient (Wildman–Crippen LogP) is 2.61. The third-order valence-electron chi connectivity index (χ3n) is 3.37. The summed E-state index contributed by atoms with van der Waals surface area (Å²) in [4.78, 5) is 32.3. The molecule has 0 bridgehead atoms. The molecule has 1 heterocycles. The van der Waals surface area contributed by atoms with E-state index in [0.29, 0.717) is 11.7 Å². The Morgan fingerprint density at radius 2 is 2.04 bits per heavy atom. The summed E-state index contributed by atoms with van der Waals surface area (Å²) in [7, 11) is 1.69. The molecule has 1 aromatic heterocycles. The fourth-order valence-corrected chi connectivity index (χ4v) is 2.96. The van der Waals surface area contributed by atoms with Crippen LogP contribution in [0.15, 0.2) is 40.3 Å². The fourth-order valence-electron chi connectivity index (χ4n) is 2.13. The Morgan fingerprint density at radius 1 is 1.33 bits per heavy atom. The first-order valence-electron chi connectivity index (χ1n) is 7.69. The van der Waals surface area contributed by atoms with Crippen molar-refractivity contribution in [1.82, 2.24) is 14.9 Å². The standard InChI is InChI=1S/C17H20FN3O2S/c1-3-4-14-9-15(22)20-17(19-14)24-11-16(23)21(2)10-12-5-7-13(18)8-6-12/h5-9H,3-4,10-11H2,1-2H3,(H,19,20,22). The molecular weight excluding hydrogens is 329 g/mol. The van der Waals surface area contributed by atoms with Crippen molar-refractivity contribution in [3.05, 3.63) is 57.8 Å². The van der Waals surface area contributed by atoms with E-state index in [0.717, 1.165) is 24.1 Å². The number of rotatable bonds is 7. The number of carbonyl (C=O) groups is 1. The van der Waals surface area contributed by atoms with E-state index in [1.54, 1.807) is 24.1 Å². The van der Waals surface area contributed by atoms with Gasteiger partial charge >= 0.3 is 0 Å². The van der Waals surface area contributed by atoms with Gasteiger partial charge in [-0.15, -0.1) is 0 Å². The minimum atomic E-state index is -0.301. The Morgan fingerprint density at radius 3 is 2.71 bits per heavy atom. The van der Waals surface area contributed by atoms with Gasteiger partial charge in [0.05, 0.1) is 5.75 Å². The van der Waals surface area contributed by atoms with Crippen molar-refractivity contribution in [3.8, 4) is 0 Å². The summed E-state index contributed by atoms with van der Waals surface area (Å²) in [6, 6.07) is 7.53. The summed E-state index contributed by atoms with van der Waals surface area (Å²) in [6.07, 6.45) is 1.63. The zero-order valence-corrected chi connectivity index (χ0v) is 14.5. The topological polar surface area (TPSA) is 66.1 Å². The first kappa shape index (κ1) is 18.2. The van der Waals surface area contributed by atoms with E-state index in [2.05, 4.69) is 9.97 Å². The highest BCUT2D eigenvalue weighted by Gasteiger charge is 2.11. The molecule has 2 aromatic rings. The van der Waals surface area contributed by atoms with E-state index in [-0.39, 0.29) is 23.0 Å². The van der Waals surface area contributed by atoms with Crippen LogP contribution in [0.4, 0.5) is 4.39 Å². The smallest absolute Gasteiger partial charge is 0.251 e. The highest BCUT2D eigenvalue weighted by atomic mass is 32.2. The molecule has 0 saturated carbocycles. The number of nitrogens with one attached hydrogen (secondary N) is 1. The maximum absolute atomic E-state index is 12.9. The molecule has 5 nitrogen and oxygen atoms in total. The van der Waals surface area contributed by atoms with Gasteiger partial charge in [-0.2, -0.15) is 0 Å². The molecule has 1 N–H and O–H groups in total. The van der Waals surface area contributed by atoms with Crippen molar-refractivity contribution in [2.45, 2.75) is 31.5 Å². The molecule has 1 aromatic carbocycles. The summed E-state index contributed by atoms with van der Waals surface area (Å²) in [5.74, 6) is -0.214. The van der Waals surface area contributed by atoms with E-state index in [9.17, 15) is 14.0 Å². The summed E-state index contributed by atoms with van der Waals surface area (Å²) >= 11 is 1.21. The Hall–Kier alpha value is -2.15. The predicted molar refractivity (Wildman–Crippen MR) is 92.5 cm³/mol. The zero-order chi connectivity index (χ0) is 17.5. The molecule has 0 unspecified atom stereocenters. The molecule has 0 aliphatic heterocycles. The molecule has 1 amide bonds. The Labute approximate surface area is 144 Å². The van der Waals surface area contributed by atoms with Crippen molar-refractivity contribution >= 4 is 17.7 Å². The first-order chi connectivity index (χ1) is 11.5. The van der Waals surface area contributed by atoms with Gasteiger partial charge in [-0.25, -0.2) is 9.37 Å². The van der Waals surface area contributed by atoms with Gasteiger partial charge in [-0.3, -0.25) is 9.59 Å². The molecule has 24 heavy (non-hydrogen) atoms. The van der Waals surface area contributed by atoms with Gasteiger partial charge in [-0.05, 0) is 24.1 Å². The number of amides is 1. The van der Waals surface area contributed by atoms with Crippen molar-refractivity contribution < 1.29 is 9.18 Å². The number of nitrogens with zero attached hydrogens (tertiary/aromatic N) is 2. The molecule has 0 radical (unpaired) electrons. The van der Waals surface area contributed by atoms with Crippen LogP contribution >= 0.6 is 11.8 Å². The lowest BCUT2D eigenvalue weighted by molar-refractivity contribution is -0.127. The van der Waals surface area contributed by atoms with Crippen molar-refractivity contribution in [2.75, 3.05) is 12.8 Å². The molecule has 0 atom stereocenters. The number of carbonyl (C=O) groups excluding carboxylic acids is 1. The van der Waals surface area contributed by atoms with Gasteiger partial charge in [-0.1, -0.05) is 37.2 Å². The maximum Gasteiger partial charge on any atom is 0.251 e. The van der Waals surface area contributed by atoms with Crippen LogP contribution in [0.5, 0.6) is 0 Å². The normalized spacial score (nSPS) is 10.6. The lowest BCUT2D eigenvalue weighted by Gasteiger charge is -2.17. The van der Waals surface area contributed by atoms with Crippen LogP contribution in [0.1, 0.15) is 24.6 Å². The molecule has 0 aliphatic carbocycles. The number of aromatic amines is 1. The van der Waals surface area contributed by atoms with Crippen LogP contribution in [-0.4, -0.2) is 33.6 Å². The molecule has 0 spiro atoms. The quantitative estimate of drug-likeness (QED) is 0.616. The average molecular weight is 349 g/mol. The van der Waals surface area contributed by atoms with E-state index >= 15 is 0 Å². The summed E-state index contributed by atoms with van der Waals surface area (Å²) < 4.78 is 12.9. The lowest BCUT2D eigenvalue weighted by atomic mass is 10.2. The van der Waals surface area contributed by atoms with Gasteiger partial charge < -0.3 is 9.88 Å². The largest absolute Gasteiger partial charge is 0.341 e. The minimum Gasteiger partial charge on any atom is -0.341 e. The van der Waals surface area contributed by atoms with Gasteiger partial charge in [0.2, 0.25) is 5.91 Å². The van der Waals surface area contributed by atoms with E-state index < -0.39 is 0 Å². The van der Waals surface area contributed by atoms with E-state index in [1.807, 2.05) is 6.92 Å². The van der Waals surface area contributed by atoms with Crippen LogP contribution in [0.3, 0.4) is 0 Å². The van der Waals surface area contributed by atoms with Crippen LogP contribution in [0, 0.1) is 5.82 Å². The molecule has 2 rings (SSSR count). The molecular formula is C17H20FN3O2S. The third-order valence-corrected chi connectivity index (χ3v) is 4.23. The average Bonchev–Trinajstić information content (AvgIpc) is 2.54. The van der Waals surface area contributed by atoms with Crippen molar-refractivity contribution in [2.24, 2.45) is 0 Å². The second-order valence-electron chi connectivity index (χ2n) is 5.46. The Balaban J connectivity index is 1.92. The minimum absolute atomic E-state index is 0.0899. The monoisotopic (exact) mass is 349 g/mol. The number of hydrogen-bond donors (Lipinski definition) is 1. The second kappa shape index (κ2) is 8.63. The summed E-state index contributed by atoms with van der Waals surface area (Å²) in [6.45, 7) is 2.42. The molecule has 0 aliphatic rings. The van der Waals surface area contributed by atoms with Gasteiger partial charge in [0.25, 0.3) is 5.56 Å². The van der Waals surface area contributed by atoms with E-state index in [1.165, 1.54) is 30.0 Å². The number of thioether (sulfide) groups is 1. The summed E-state index contributed by atoms with van der Waals surface area (Å²) in [5.41, 5.74) is 1.38. The van der Waals surface area contributed by atoms with Crippen LogP contribution in [0.2, 0.25) is 0 Å². The molecule has 7 heteroatoms.